The largest absolute Gasteiger partial charge is 0.492 e. The molecule has 0 fully saturated rings. The molecule has 0 heterocycles. The van der Waals surface area contributed by atoms with Gasteiger partial charge in [0.2, 0.25) is 0 Å². The van der Waals surface area contributed by atoms with Crippen molar-refractivity contribution < 1.29 is 9.47 Å². The van der Waals surface area contributed by atoms with Crippen molar-refractivity contribution in [3.05, 3.63) is 29.3 Å². The van der Waals surface area contributed by atoms with E-state index in [1.807, 2.05) is 12.1 Å². The summed E-state index contributed by atoms with van der Waals surface area (Å²) >= 11 is 5.72. The highest BCUT2D eigenvalue weighted by Gasteiger charge is 2.02. The van der Waals surface area contributed by atoms with E-state index >= 15 is 0 Å². The zero-order valence-electron chi connectivity index (χ0n) is 8.07. The summed E-state index contributed by atoms with van der Waals surface area (Å²) in [5.41, 5.74) is 5.69. The lowest BCUT2D eigenvalue weighted by Gasteiger charge is -2.11. The van der Waals surface area contributed by atoms with Crippen LogP contribution in [0, 0.1) is 0 Å². The molecule has 0 aliphatic heterocycles. The van der Waals surface area contributed by atoms with Gasteiger partial charge in [0.15, 0.2) is 0 Å². The molecule has 0 saturated carbocycles. The molecule has 0 spiro atoms. The summed E-state index contributed by atoms with van der Waals surface area (Å²) in [4.78, 5) is 0. The predicted molar refractivity (Wildman–Crippen MR) is 56.8 cm³/mol. The monoisotopic (exact) mass is 215 g/mol. The van der Waals surface area contributed by atoms with E-state index in [0.717, 1.165) is 5.75 Å². The highest BCUT2D eigenvalue weighted by atomic mass is 35.5. The predicted octanol–water partition coefficient (Wildman–Crippen LogP) is 1.69. The summed E-state index contributed by atoms with van der Waals surface area (Å²) in [5.74, 6) is 0.765. The molecule has 1 aromatic carbocycles. The number of methoxy groups -OCH3 is 1. The summed E-state index contributed by atoms with van der Waals surface area (Å²) < 4.78 is 10.3. The van der Waals surface area contributed by atoms with Crippen molar-refractivity contribution in [1.82, 2.24) is 0 Å². The zero-order chi connectivity index (χ0) is 10.4. The molecule has 0 amide bonds. The van der Waals surface area contributed by atoms with Gasteiger partial charge in [-0.3, -0.25) is 0 Å². The summed E-state index contributed by atoms with van der Waals surface area (Å²) in [7, 11) is 1.61. The molecule has 0 aromatic heterocycles. The molecule has 1 aromatic rings. The molecule has 0 bridgehead atoms. The van der Waals surface area contributed by atoms with E-state index < -0.39 is 0 Å². The van der Waals surface area contributed by atoms with Gasteiger partial charge in [0, 0.05) is 12.1 Å². The van der Waals surface area contributed by atoms with Crippen molar-refractivity contribution in [2.75, 3.05) is 20.3 Å². The van der Waals surface area contributed by atoms with Crippen molar-refractivity contribution in [2.45, 2.75) is 6.04 Å². The Balaban J connectivity index is 2.34. The highest BCUT2D eigenvalue weighted by molar-refractivity contribution is 6.30. The molecular formula is C10H14ClNO2. The number of rotatable bonds is 5. The third-order valence-corrected chi connectivity index (χ3v) is 1.91. The molecule has 78 valence electrons. The second-order valence-electron chi connectivity index (χ2n) is 2.98. The number of benzene rings is 1. The van der Waals surface area contributed by atoms with E-state index in [4.69, 9.17) is 26.8 Å². The normalized spacial score (nSPS) is 12.5. The van der Waals surface area contributed by atoms with Gasteiger partial charge in [0.1, 0.15) is 12.4 Å². The average Bonchev–Trinajstić information content (AvgIpc) is 2.17. The van der Waals surface area contributed by atoms with Gasteiger partial charge in [-0.15, -0.1) is 0 Å². The molecule has 0 aliphatic carbocycles. The maximum atomic E-state index is 5.72. The maximum absolute atomic E-state index is 5.72. The van der Waals surface area contributed by atoms with E-state index in [1.54, 1.807) is 19.2 Å². The minimum atomic E-state index is -0.101. The molecule has 3 nitrogen and oxygen atoms in total. The van der Waals surface area contributed by atoms with Gasteiger partial charge >= 0.3 is 0 Å². The topological polar surface area (TPSA) is 44.5 Å². The van der Waals surface area contributed by atoms with E-state index in [-0.39, 0.29) is 6.04 Å². The third-order valence-electron chi connectivity index (χ3n) is 1.66. The first kappa shape index (κ1) is 11.3. The molecule has 0 saturated heterocycles. The Labute approximate surface area is 88.8 Å². The Morgan fingerprint density at radius 3 is 2.50 bits per heavy atom. The summed E-state index contributed by atoms with van der Waals surface area (Å²) in [5, 5.41) is 0.693. The Morgan fingerprint density at radius 2 is 1.93 bits per heavy atom. The molecule has 1 unspecified atom stereocenters. The van der Waals surface area contributed by atoms with Crippen LogP contribution in [0.15, 0.2) is 24.3 Å². The molecule has 1 atom stereocenters. The van der Waals surface area contributed by atoms with Gasteiger partial charge in [-0.1, -0.05) is 11.6 Å². The lowest BCUT2D eigenvalue weighted by Crippen LogP contribution is -2.32. The van der Waals surface area contributed by atoms with Crippen molar-refractivity contribution in [3.8, 4) is 5.75 Å². The van der Waals surface area contributed by atoms with Crippen LogP contribution in [0.5, 0.6) is 5.75 Å². The lowest BCUT2D eigenvalue weighted by molar-refractivity contribution is 0.152. The molecular weight excluding hydrogens is 202 g/mol. The summed E-state index contributed by atoms with van der Waals surface area (Å²) in [6.45, 7) is 0.934. The first-order valence-electron chi connectivity index (χ1n) is 4.35. The van der Waals surface area contributed by atoms with Crippen LogP contribution in [-0.4, -0.2) is 26.4 Å². The smallest absolute Gasteiger partial charge is 0.119 e. The summed E-state index contributed by atoms with van der Waals surface area (Å²) in [6.07, 6.45) is 0. The minimum Gasteiger partial charge on any atom is -0.492 e. The van der Waals surface area contributed by atoms with Gasteiger partial charge in [-0.2, -0.15) is 0 Å². The van der Waals surface area contributed by atoms with Crippen molar-refractivity contribution >= 4 is 11.6 Å². The third kappa shape index (κ3) is 3.96. The molecule has 4 heteroatoms. The van der Waals surface area contributed by atoms with E-state index in [9.17, 15) is 0 Å². The van der Waals surface area contributed by atoms with Crippen LogP contribution in [0.4, 0.5) is 0 Å². The molecule has 0 radical (unpaired) electrons. The molecule has 14 heavy (non-hydrogen) atoms. The first-order valence-corrected chi connectivity index (χ1v) is 4.73. The van der Waals surface area contributed by atoms with Crippen molar-refractivity contribution in [3.63, 3.8) is 0 Å². The van der Waals surface area contributed by atoms with Crippen LogP contribution in [0.3, 0.4) is 0 Å². The number of hydrogen-bond acceptors (Lipinski definition) is 3. The fraction of sp³-hybridized carbons (Fsp3) is 0.400. The quantitative estimate of drug-likeness (QED) is 0.813. The van der Waals surface area contributed by atoms with E-state index in [1.165, 1.54) is 0 Å². The first-order chi connectivity index (χ1) is 6.72. The number of nitrogens with two attached hydrogens (primary N) is 1. The van der Waals surface area contributed by atoms with Gasteiger partial charge in [-0.25, -0.2) is 0 Å². The molecule has 1 rings (SSSR count). The Kier molecular flexibility index (Phi) is 4.73. The zero-order valence-corrected chi connectivity index (χ0v) is 8.83. The van der Waals surface area contributed by atoms with E-state index in [2.05, 4.69) is 0 Å². The number of hydrogen-bond donors (Lipinski definition) is 1. The van der Waals surface area contributed by atoms with Crippen molar-refractivity contribution in [2.24, 2.45) is 5.73 Å². The van der Waals surface area contributed by atoms with Gasteiger partial charge < -0.3 is 15.2 Å². The van der Waals surface area contributed by atoms with Crippen LogP contribution in [0.25, 0.3) is 0 Å². The second-order valence-corrected chi connectivity index (χ2v) is 3.42. The van der Waals surface area contributed by atoms with Gasteiger partial charge in [-0.05, 0) is 24.3 Å². The van der Waals surface area contributed by atoms with E-state index in [0.29, 0.717) is 18.2 Å². The van der Waals surface area contributed by atoms with Crippen LogP contribution in [0.2, 0.25) is 5.02 Å². The lowest BCUT2D eigenvalue weighted by atomic mass is 10.3. The SMILES string of the molecule is COCC(N)COc1ccc(Cl)cc1. The van der Waals surface area contributed by atoms with Gasteiger partial charge in [0.25, 0.3) is 0 Å². The Bertz CT molecular complexity index is 263. The van der Waals surface area contributed by atoms with Crippen LogP contribution >= 0.6 is 11.6 Å². The molecule has 2 N–H and O–H groups in total. The van der Waals surface area contributed by atoms with Crippen LogP contribution < -0.4 is 10.5 Å². The summed E-state index contributed by atoms with van der Waals surface area (Å²) in [6, 6.07) is 7.07. The molecule has 0 aliphatic rings. The maximum Gasteiger partial charge on any atom is 0.119 e. The number of ether oxygens (including phenoxy) is 2. The second kappa shape index (κ2) is 5.86. The fourth-order valence-electron chi connectivity index (χ4n) is 0.996. The fourth-order valence-corrected chi connectivity index (χ4v) is 1.12. The number of halogens is 1. The van der Waals surface area contributed by atoms with Crippen molar-refractivity contribution in [1.29, 1.82) is 0 Å². The minimum absolute atomic E-state index is 0.101. The Morgan fingerprint density at radius 1 is 1.29 bits per heavy atom. The highest BCUT2D eigenvalue weighted by Crippen LogP contribution is 2.15. The van der Waals surface area contributed by atoms with Crippen LogP contribution in [0.1, 0.15) is 0 Å². The van der Waals surface area contributed by atoms with Gasteiger partial charge in [0.05, 0.1) is 12.6 Å². The van der Waals surface area contributed by atoms with Crippen LogP contribution in [-0.2, 0) is 4.74 Å². The Hall–Kier alpha value is -0.770. The average molecular weight is 216 g/mol. The standard InChI is InChI=1S/C10H14ClNO2/c1-13-6-9(12)7-14-10-4-2-8(11)3-5-10/h2-5,9H,6-7,12H2,1H3.